The lowest BCUT2D eigenvalue weighted by Crippen LogP contribution is -2.23. The maximum absolute atomic E-state index is 12.9. The van der Waals surface area contributed by atoms with Crippen molar-refractivity contribution in [1.29, 1.82) is 0 Å². The number of aliphatic imine (C=N–C) groups is 1. The van der Waals surface area contributed by atoms with Crippen molar-refractivity contribution in [3.63, 3.8) is 0 Å². The minimum absolute atomic E-state index is 0.168. The van der Waals surface area contributed by atoms with Crippen LogP contribution in [0.15, 0.2) is 70.6 Å². The molecule has 1 N–H and O–H groups in total. The molecular weight excluding hydrogens is 512 g/mol. The molecule has 9 heteroatoms. The van der Waals surface area contributed by atoms with E-state index in [0.717, 1.165) is 11.1 Å². The van der Waals surface area contributed by atoms with Gasteiger partial charge in [0.15, 0.2) is 16.7 Å². The van der Waals surface area contributed by atoms with Crippen LogP contribution in [-0.4, -0.2) is 40.7 Å². The number of rotatable bonds is 8. The Morgan fingerprint density at radius 2 is 1.89 bits per heavy atom. The highest BCUT2D eigenvalue weighted by molar-refractivity contribution is 8.18. The molecule has 0 unspecified atom stereocenters. The molecule has 0 aromatic heterocycles. The third-order valence-electron chi connectivity index (χ3n) is 5.44. The van der Waals surface area contributed by atoms with Crippen molar-refractivity contribution in [3.05, 3.63) is 92.8 Å². The third-order valence-corrected chi connectivity index (χ3v) is 6.78. The smallest absolute Gasteiger partial charge is 0.335 e. The zero-order chi connectivity index (χ0) is 26.5. The summed E-state index contributed by atoms with van der Waals surface area (Å²) in [6, 6.07) is 17.7. The van der Waals surface area contributed by atoms with E-state index in [9.17, 15) is 9.59 Å². The average molecular weight is 537 g/mol. The van der Waals surface area contributed by atoms with Gasteiger partial charge < -0.3 is 14.6 Å². The first-order valence-corrected chi connectivity index (χ1v) is 12.7. The van der Waals surface area contributed by atoms with Gasteiger partial charge in [-0.3, -0.25) is 9.69 Å². The standard InChI is InChI=1S/C28H25ClN2O5S/c1-4-35-23-14-19(13-22(29)25(23)36-16-18-7-5-6-17(2)12-18)15-24-26(32)31(3)28(37-24)30-21-10-8-20(9-11-21)27(33)34/h5-15H,4,16H2,1-3H3,(H,33,34)/b24-15-,30-28?. The second-order valence-corrected chi connectivity index (χ2v) is 9.68. The van der Waals surface area contributed by atoms with Crippen LogP contribution in [0, 0.1) is 6.92 Å². The van der Waals surface area contributed by atoms with Crippen molar-refractivity contribution in [2.45, 2.75) is 20.5 Å². The van der Waals surface area contributed by atoms with Gasteiger partial charge in [-0.05, 0) is 79.2 Å². The monoisotopic (exact) mass is 536 g/mol. The molecule has 3 aromatic carbocycles. The maximum atomic E-state index is 12.9. The van der Waals surface area contributed by atoms with E-state index in [0.29, 0.717) is 51.1 Å². The van der Waals surface area contributed by atoms with Crippen molar-refractivity contribution in [3.8, 4) is 11.5 Å². The number of aryl methyl sites for hydroxylation is 1. The Morgan fingerprint density at radius 1 is 1.14 bits per heavy atom. The second-order valence-electron chi connectivity index (χ2n) is 8.26. The summed E-state index contributed by atoms with van der Waals surface area (Å²) in [5.41, 5.74) is 3.56. The molecule has 1 heterocycles. The number of amides is 1. The molecule has 0 atom stereocenters. The van der Waals surface area contributed by atoms with Crippen molar-refractivity contribution in [2.24, 2.45) is 4.99 Å². The Hall–Kier alpha value is -3.75. The highest BCUT2D eigenvalue weighted by Crippen LogP contribution is 2.39. The summed E-state index contributed by atoms with van der Waals surface area (Å²) in [5.74, 6) is -0.282. The number of benzene rings is 3. The van der Waals surface area contributed by atoms with Crippen LogP contribution in [0.25, 0.3) is 6.08 Å². The zero-order valence-electron chi connectivity index (χ0n) is 20.5. The molecule has 1 aliphatic rings. The van der Waals surface area contributed by atoms with Crippen LogP contribution >= 0.6 is 23.4 Å². The fraction of sp³-hybridized carbons (Fsp3) is 0.179. The summed E-state index contributed by atoms with van der Waals surface area (Å²) in [7, 11) is 1.64. The second kappa shape index (κ2) is 11.5. The molecule has 0 bridgehead atoms. The van der Waals surface area contributed by atoms with Gasteiger partial charge in [0.2, 0.25) is 0 Å². The Kier molecular flexibility index (Phi) is 8.21. The van der Waals surface area contributed by atoms with E-state index in [1.807, 2.05) is 38.1 Å². The lowest BCUT2D eigenvalue weighted by Gasteiger charge is -2.15. The van der Waals surface area contributed by atoms with E-state index in [-0.39, 0.29) is 11.5 Å². The molecule has 1 saturated heterocycles. The fourth-order valence-corrected chi connectivity index (χ4v) is 4.88. The van der Waals surface area contributed by atoms with E-state index in [2.05, 4.69) is 4.99 Å². The number of halogens is 1. The lowest BCUT2D eigenvalue weighted by atomic mass is 10.1. The number of aromatic carboxylic acids is 1. The molecule has 0 aliphatic carbocycles. The van der Waals surface area contributed by atoms with E-state index < -0.39 is 5.97 Å². The molecule has 3 aromatic rings. The van der Waals surface area contributed by atoms with Crippen LogP contribution in [0.1, 0.15) is 34.0 Å². The molecule has 0 saturated carbocycles. The van der Waals surface area contributed by atoms with E-state index in [4.69, 9.17) is 26.2 Å². The molecule has 7 nitrogen and oxygen atoms in total. The number of carboxylic acid groups (broad SMARTS) is 1. The summed E-state index contributed by atoms with van der Waals surface area (Å²) in [5, 5.41) is 9.92. The fourth-order valence-electron chi connectivity index (χ4n) is 3.62. The van der Waals surface area contributed by atoms with Gasteiger partial charge in [0.25, 0.3) is 5.91 Å². The van der Waals surface area contributed by atoms with Crippen molar-refractivity contribution in [1.82, 2.24) is 4.90 Å². The van der Waals surface area contributed by atoms with Gasteiger partial charge in [0, 0.05) is 7.05 Å². The van der Waals surface area contributed by atoms with Gasteiger partial charge in [0.1, 0.15) is 6.61 Å². The minimum atomic E-state index is -1.01. The Bertz CT molecular complexity index is 1400. The van der Waals surface area contributed by atoms with Gasteiger partial charge >= 0.3 is 5.97 Å². The maximum Gasteiger partial charge on any atom is 0.335 e. The van der Waals surface area contributed by atoms with E-state index in [1.54, 1.807) is 37.4 Å². The number of ether oxygens (including phenoxy) is 2. The predicted octanol–water partition coefficient (Wildman–Crippen LogP) is 6.56. The third kappa shape index (κ3) is 6.34. The Labute approximate surface area is 224 Å². The molecule has 1 aliphatic heterocycles. The number of hydrogen-bond acceptors (Lipinski definition) is 6. The molecule has 37 heavy (non-hydrogen) atoms. The largest absolute Gasteiger partial charge is 0.490 e. The van der Waals surface area contributed by atoms with Crippen LogP contribution in [0.3, 0.4) is 0 Å². The van der Waals surface area contributed by atoms with E-state index in [1.165, 1.54) is 28.8 Å². The summed E-state index contributed by atoms with van der Waals surface area (Å²) in [6.07, 6.45) is 1.73. The molecular formula is C28H25ClN2O5S. The number of hydrogen-bond donors (Lipinski definition) is 1. The van der Waals surface area contributed by atoms with Crippen LogP contribution < -0.4 is 9.47 Å². The molecule has 1 amide bonds. The quantitative estimate of drug-likeness (QED) is 0.328. The predicted molar refractivity (Wildman–Crippen MR) is 147 cm³/mol. The first-order chi connectivity index (χ1) is 17.7. The van der Waals surface area contributed by atoms with Gasteiger partial charge in [-0.25, -0.2) is 9.79 Å². The molecule has 4 rings (SSSR count). The van der Waals surface area contributed by atoms with E-state index >= 15 is 0 Å². The Balaban J connectivity index is 1.57. The minimum Gasteiger partial charge on any atom is -0.490 e. The summed E-state index contributed by atoms with van der Waals surface area (Å²) in [6.45, 7) is 4.66. The number of carbonyl (C=O) groups is 2. The van der Waals surface area contributed by atoms with Crippen molar-refractivity contribution in [2.75, 3.05) is 13.7 Å². The first kappa shape index (κ1) is 26.3. The number of amidine groups is 1. The number of carboxylic acids is 1. The van der Waals surface area contributed by atoms with Gasteiger partial charge in [0.05, 0.1) is 27.8 Å². The lowest BCUT2D eigenvalue weighted by molar-refractivity contribution is -0.121. The van der Waals surface area contributed by atoms with Crippen molar-refractivity contribution < 1.29 is 24.2 Å². The summed E-state index contributed by atoms with van der Waals surface area (Å²) < 4.78 is 11.8. The van der Waals surface area contributed by atoms with Crippen molar-refractivity contribution >= 4 is 52.2 Å². The van der Waals surface area contributed by atoms with Gasteiger partial charge in [-0.15, -0.1) is 0 Å². The molecule has 1 fully saturated rings. The zero-order valence-corrected chi connectivity index (χ0v) is 22.1. The molecule has 190 valence electrons. The van der Waals surface area contributed by atoms with Crippen LogP contribution in [0.5, 0.6) is 11.5 Å². The number of thioether (sulfide) groups is 1. The normalized spacial score (nSPS) is 15.5. The molecule has 0 spiro atoms. The van der Waals surface area contributed by atoms with Crippen LogP contribution in [0.2, 0.25) is 5.02 Å². The summed E-state index contributed by atoms with van der Waals surface area (Å²) in [4.78, 5) is 30.4. The SMILES string of the molecule is CCOc1cc(/C=C2\SC(=Nc3ccc(C(=O)O)cc3)N(C)C2=O)cc(Cl)c1OCc1cccc(C)c1. The van der Waals surface area contributed by atoms with Gasteiger partial charge in [-0.1, -0.05) is 41.4 Å². The number of nitrogens with zero attached hydrogens (tertiary/aromatic N) is 2. The summed E-state index contributed by atoms with van der Waals surface area (Å²) >= 11 is 7.81. The number of likely N-dealkylation sites (N-methyl/N-ethyl adjacent to an activating group) is 1. The highest BCUT2D eigenvalue weighted by Gasteiger charge is 2.30. The number of carbonyl (C=O) groups excluding carboxylic acids is 1. The first-order valence-electron chi connectivity index (χ1n) is 11.5. The Morgan fingerprint density at radius 3 is 2.57 bits per heavy atom. The highest BCUT2D eigenvalue weighted by atomic mass is 35.5. The van der Waals surface area contributed by atoms with Crippen LogP contribution in [0.4, 0.5) is 5.69 Å². The average Bonchev–Trinajstić information content (AvgIpc) is 3.11. The molecule has 0 radical (unpaired) electrons. The topological polar surface area (TPSA) is 88.4 Å². The van der Waals surface area contributed by atoms with Crippen LogP contribution in [-0.2, 0) is 11.4 Å². The van der Waals surface area contributed by atoms with Gasteiger partial charge in [-0.2, -0.15) is 0 Å².